The maximum Gasteiger partial charge on any atom is 1.00 e. The number of hydrogen-bond donors (Lipinski definition) is 0. The predicted molar refractivity (Wildman–Crippen MR) is 35.2 cm³/mol. The Morgan fingerprint density at radius 3 is 2.00 bits per heavy atom. The number of allylic oxidation sites excluding steroid dienone is 1. The molecule has 0 aliphatic heterocycles. The Labute approximate surface area is 118 Å². The van der Waals surface area contributed by atoms with Crippen molar-refractivity contribution in [2.45, 2.75) is 19.3 Å². The molecular formula is C8H12Na2O2. The zero-order chi connectivity index (χ0) is 7.45. The van der Waals surface area contributed by atoms with Crippen LogP contribution in [0.5, 0.6) is 0 Å². The molecule has 4 heteroatoms. The molecule has 0 N–H and O–H groups in total. The largest absolute Gasteiger partial charge is 1.00 e. The van der Waals surface area contributed by atoms with Crippen molar-refractivity contribution < 1.29 is 69.3 Å². The third-order valence-electron chi connectivity index (χ3n) is 2.09. The first-order valence-electron chi connectivity index (χ1n) is 3.67. The third-order valence-corrected chi connectivity index (χ3v) is 2.09. The summed E-state index contributed by atoms with van der Waals surface area (Å²) in [5.41, 5.74) is -0.530. The maximum atomic E-state index is 10.6. The molecule has 0 fully saturated rings. The van der Waals surface area contributed by atoms with Crippen LogP contribution in [0.25, 0.3) is 0 Å². The van der Waals surface area contributed by atoms with Crippen LogP contribution in [0.3, 0.4) is 0 Å². The fourth-order valence-electron chi connectivity index (χ4n) is 1.27. The van der Waals surface area contributed by atoms with Crippen LogP contribution in [0, 0.1) is 5.41 Å². The predicted octanol–water partition coefficient (Wildman–Crippen LogP) is -6.56. The van der Waals surface area contributed by atoms with E-state index in [1.807, 2.05) is 12.2 Å². The Kier molecular flexibility index (Phi) is 10.7. The standard InChI is InChI=1S/C8H12O2.2Na/c9-6-8(7-10)4-2-1-3-5-8;;/h2,4H,1,3,5-7H2;;/q-2;2*+1. The molecule has 0 aromatic carbocycles. The van der Waals surface area contributed by atoms with Gasteiger partial charge in [0.25, 0.3) is 0 Å². The summed E-state index contributed by atoms with van der Waals surface area (Å²) in [7, 11) is 0. The Hall–Kier alpha value is 1.66. The van der Waals surface area contributed by atoms with Crippen LogP contribution >= 0.6 is 0 Å². The van der Waals surface area contributed by atoms with Gasteiger partial charge in [0.05, 0.1) is 0 Å². The molecule has 0 bridgehead atoms. The van der Waals surface area contributed by atoms with E-state index in [2.05, 4.69) is 0 Å². The van der Waals surface area contributed by atoms with E-state index in [1.165, 1.54) is 0 Å². The summed E-state index contributed by atoms with van der Waals surface area (Å²) in [5, 5.41) is 21.2. The van der Waals surface area contributed by atoms with E-state index < -0.39 is 5.41 Å². The fourth-order valence-corrected chi connectivity index (χ4v) is 1.27. The smallest absolute Gasteiger partial charge is 0.854 e. The van der Waals surface area contributed by atoms with Gasteiger partial charge in [-0.2, -0.15) is 0 Å². The second-order valence-corrected chi connectivity index (χ2v) is 2.95. The Morgan fingerprint density at radius 2 is 1.75 bits per heavy atom. The van der Waals surface area contributed by atoms with E-state index >= 15 is 0 Å². The topological polar surface area (TPSA) is 46.1 Å². The minimum absolute atomic E-state index is 0. The van der Waals surface area contributed by atoms with Crippen molar-refractivity contribution in [1.82, 2.24) is 0 Å². The van der Waals surface area contributed by atoms with Gasteiger partial charge in [-0.1, -0.05) is 12.2 Å². The molecule has 0 saturated carbocycles. The Bertz CT molecular complexity index is 133. The van der Waals surface area contributed by atoms with Crippen LogP contribution in [0.4, 0.5) is 0 Å². The van der Waals surface area contributed by atoms with E-state index in [0.717, 1.165) is 19.3 Å². The first-order chi connectivity index (χ1) is 4.83. The Balaban J connectivity index is 0. The molecule has 0 atom stereocenters. The molecule has 0 aromatic heterocycles. The SMILES string of the molecule is [Na+].[Na+].[O-]CC1(C[O-])C=CCCC1. The molecule has 2 nitrogen and oxygen atoms in total. The molecule has 0 amide bonds. The number of hydrogen-bond acceptors (Lipinski definition) is 2. The quantitative estimate of drug-likeness (QED) is 0.318. The van der Waals surface area contributed by atoms with Crippen molar-refractivity contribution in [2.24, 2.45) is 5.41 Å². The van der Waals surface area contributed by atoms with Gasteiger partial charge in [0, 0.05) is 0 Å². The van der Waals surface area contributed by atoms with Crippen LogP contribution < -0.4 is 69.3 Å². The van der Waals surface area contributed by atoms with Crippen LogP contribution in [-0.2, 0) is 0 Å². The summed E-state index contributed by atoms with van der Waals surface area (Å²) in [6, 6.07) is 0. The van der Waals surface area contributed by atoms with Gasteiger partial charge < -0.3 is 10.2 Å². The minimum atomic E-state index is -0.530. The summed E-state index contributed by atoms with van der Waals surface area (Å²) < 4.78 is 0. The average Bonchev–Trinajstić information content (AvgIpc) is 2.06. The zero-order valence-corrected chi connectivity index (χ0v) is 12.0. The van der Waals surface area contributed by atoms with Crippen molar-refractivity contribution in [2.75, 3.05) is 13.2 Å². The maximum absolute atomic E-state index is 10.6. The summed E-state index contributed by atoms with van der Waals surface area (Å²) >= 11 is 0. The van der Waals surface area contributed by atoms with E-state index in [1.54, 1.807) is 0 Å². The molecular weight excluding hydrogens is 174 g/mol. The summed E-state index contributed by atoms with van der Waals surface area (Å²) in [6.07, 6.45) is 6.59. The van der Waals surface area contributed by atoms with Gasteiger partial charge in [-0.15, -0.1) is 13.2 Å². The summed E-state index contributed by atoms with van der Waals surface area (Å²) in [5.74, 6) is 0. The van der Waals surface area contributed by atoms with Gasteiger partial charge in [-0.3, -0.25) is 0 Å². The molecule has 58 valence electrons. The molecule has 0 radical (unpaired) electrons. The zero-order valence-electron chi connectivity index (χ0n) is 8.01. The van der Waals surface area contributed by atoms with Crippen molar-refractivity contribution >= 4 is 0 Å². The van der Waals surface area contributed by atoms with E-state index in [0.29, 0.717) is 0 Å². The van der Waals surface area contributed by atoms with Crippen molar-refractivity contribution in [3.63, 3.8) is 0 Å². The number of rotatable bonds is 2. The molecule has 1 rings (SSSR count). The van der Waals surface area contributed by atoms with E-state index in [9.17, 15) is 10.2 Å². The Morgan fingerprint density at radius 1 is 1.17 bits per heavy atom. The van der Waals surface area contributed by atoms with Crippen molar-refractivity contribution in [3.8, 4) is 0 Å². The van der Waals surface area contributed by atoms with E-state index in [4.69, 9.17) is 0 Å². The van der Waals surface area contributed by atoms with Crippen LogP contribution in [0.1, 0.15) is 19.3 Å². The molecule has 0 saturated heterocycles. The first kappa shape index (κ1) is 16.1. The van der Waals surface area contributed by atoms with Crippen LogP contribution in [0.15, 0.2) is 12.2 Å². The van der Waals surface area contributed by atoms with Gasteiger partial charge in [0.15, 0.2) is 0 Å². The van der Waals surface area contributed by atoms with Crippen LogP contribution in [-0.4, -0.2) is 13.2 Å². The van der Waals surface area contributed by atoms with Gasteiger partial charge in [-0.25, -0.2) is 0 Å². The minimum Gasteiger partial charge on any atom is -0.854 e. The van der Waals surface area contributed by atoms with Crippen LogP contribution in [0.2, 0.25) is 0 Å². The monoisotopic (exact) mass is 186 g/mol. The summed E-state index contributed by atoms with van der Waals surface area (Å²) in [4.78, 5) is 0. The summed E-state index contributed by atoms with van der Waals surface area (Å²) in [6.45, 7) is -0.486. The molecule has 1 aliphatic carbocycles. The second kappa shape index (κ2) is 8.01. The molecule has 0 unspecified atom stereocenters. The van der Waals surface area contributed by atoms with Gasteiger partial charge in [0.1, 0.15) is 0 Å². The van der Waals surface area contributed by atoms with Crippen molar-refractivity contribution in [1.29, 1.82) is 0 Å². The fraction of sp³-hybridized carbons (Fsp3) is 0.750. The molecule has 0 spiro atoms. The van der Waals surface area contributed by atoms with Gasteiger partial charge >= 0.3 is 59.1 Å². The molecule has 0 heterocycles. The van der Waals surface area contributed by atoms with Crippen molar-refractivity contribution in [3.05, 3.63) is 12.2 Å². The normalized spacial score (nSPS) is 19.2. The van der Waals surface area contributed by atoms with Gasteiger partial charge in [0.2, 0.25) is 0 Å². The van der Waals surface area contributed by atoms with Gasteiger partial charge in [-0.05, 0) is 24.7 Å². The average molecular weight is 186 g/mol. The third kappa shape index (κ3) is 4.25. The molecule has 12 heavy (non-hydrogen) atoms. The molecule has 0 aromatic rings. The second-order valence-electron chi connectivity index (χ2n) is 2.95. The first-order valence-corrected chi connectivity index (χ1v) is 3.67. The molecule has 1 aliphatic rings. The van der Waals surface area contributed by atoms with E-state index in [-0.39, 0.29) is 72.3 Å².